The van der Waals surface area contributed by atoms with Crippen LogP contribution in [0.2, 0.25) is 0 Å². The van der Waals surface area contributed by atoms with E-state index in [1.165, 1.54) is 12.1 Å². The Morgan fingerprint density at radius 3 is 2.25 bits per heavy atom. The Kier molecular flexibility index (Phi) is 2.77. The number of rotatable bonds is 3. The molecule has 0 amide bonds. The second kappa shape index (κ2) is 3.84. The van der Waals surface area contributed by atoms with Gasteiger partial charge in [-0.1, -0.05) is 19.1 Å². The van der Waals surface area contributed by atoms with Crippen molar-refractivity contribution in [1.82, 2.24) is 0 Å². The van der Waals surface area contributed by atoms with Gasteiger partial charge < -0.3 is 9.84 Å². The van der Waals surface area contributed by atoms with E-state index in [0.717, 1.165) is 0 Å². The lowest BCUT2D eigenvalue weighted by atomic mass is 9.92. The van der Waals surface area contributed by atoms with E-state index in [0.29, 0.717) is 10.5 Å². The van der Waals surface area contributed by atoms with Crippen LogP contribution in [0.25, 0.3) is 0 Å². The standard InChI is InChI=1S/C11H14O4S/c1-2-16(13,14)10-5-3-9(4-6-10)11(12)7-15-8-11/h3-6,12H,2,7-8H2,1H3. The van der Waals surface area contributed by atoms with Crippen molar-refractivity contribution in [3.05, 3.63) is 29.8 Å². The normalized spacial score (nSPS) is 19.1. The number of ether oxygens (including phenoxy) is 1. The summed E-state index contributed by atoms with van der Waals surface area (Å²) < 4.78 is 28.1. The smallest absolute Gasteiger partial charge is 0.178 e. The largest absolute Gasteiger partial charge is 0.380 e. The highest BCUT2D eigenvalue weighted by Gasteiger charge is 2.37. The Hall–Kier alpha value is -0.910. The molecule has 0 aliphatic carbocycles. The molecule has 1 aliphatic rings. The highest BCUT2D eigenvalue weighted by molar-refractivity contribution is 7.91. The van der Waals surface area contributed by atoms with Gasteiger partial charge in [-0.3, -0.25) is 0 Å². The van der Waals surface area contributed by atoms with E-state index >= 15 is 0 Å². The van der Waals surface area contributed by atoms with Crippen molar-refractivity contribution in [2.24, 2.45) is 0 Å². The van der Waals surface area contributed by atoms with Crippen LogP contribution in [0.5, 0.6) is 0 Å². The van der Waals surface area contributed by atoms with Crippen molar-refractivity contribution in [2.75, 3.05) is 19.0 Å². The maximum atomic E-state index is 11.6. The summed E-state index contributed by atoms with van der Waals surface area (Å²) in [5, 5.41) is 9.96. The third-order valence-electron chi connectivity index (χ3n) is 2.81. The maximum Gasteiger partial charge on any atom is 0.178 e. The van der Waals surface area contributed by atoms with E-state index < -0.39 is 15.4 Å². The lowest BCUT2D eigenvalue weighted by Gasteiger charge is -2.36. The second-order valence-electron chi connectivity index (χ2n) is 3.95. The van der Waals surface area contributed by atoms with Crippen molar-refractivity contribution >= 4 is 9.84 Å². The minimum absolute atomic E-state index is 0.0831. The molecular formula is C11H14O4S. The zero-order valence-electron chi connectivity index (χ0n) is 9.01. The Morgan fingerprint density at radius 1 is 1.31 bits per heavy atom. The molecule has 1 heterocycles. The predicted molar refractivity (Wildman–Crippen MR) is 58.9 cm³/mol. The number of aliphatic hydroxyl groups is 1. The first-order valence-corrected chi connectivity index (χ1v) is 6.76. The van der Waals surface area contributed by atoms with Gasteiger partial charge in [0.1, 0.15) is 5.60 Å². The van der Waals surface area contributed by atoms with Crippen molar-refractivity contribution < 1.29 is 18.3 Å². The Balaban J connectivity index is 2.30. The average molecular weight is 242 g/mol. The average Bonchev–Trinajstić information content (AvgIpc) is 2.26. The van der Waals surface area contributed by atoms with E-state index in [9.17, 15) is 13.5 Å². The van der Waals surface area contributed by atoms with Crippen LogP contribution in [-0.2, 0) is 20.2 Å². The van der Waals surface area contributed by atoms with Crippen molar-refractivity contribution in [3.8, 4) is 0 Å². The lowest BCUT2D eigenvalue weighted by molar-refractivity contribution is -0.184. The van der Waals surface area contributed by atoms with E-state index in [1.807, 2.05) is 0 Å². The van der Waals surface area contributed by atoms with Gasteiger partial charge >= 0.3 is 0 Å². The Bertz CT molecular complexity index is 471. The van der Waals surface area contributed by atoms with Gasteiger partial charge in [0.15, 0.2) is 9.84 Å². The molecule has 4 nitrogen and oxygen atoms in total. The van der Waals surface area contributed by atoms with Gasteiger partial charge in [0, 0.05) is 0 Å². The molecule has 5 heteroatoms. The van der Waals surface area contributed by atoms with E-state index in [2.05, 4.69) is 0 Å². The summed E-state index contributed by atoms with van der Waals surface area (Å²) in [5.41, 5.74) is -0.233. The summed E-state index contributed by atoms with van der Waals surface area (Å²) >= 11 is 0. The van der Waals surface area contributed by atoms with Gasteiger partial charge in [-0.2, -0.15) is 0 Å². The van der Waals surface area contributed by atoms with Crippen LogP contribution in [0.1, 0.15) is 12.5 Å². The van der Waals surface area contributed by atoms with Crippen molar-refractivity contribution in [1.29, 1.82) is 0 Å². The molecule has 0 aromatic heterocycles. The fourth-order valence-corrected chi connectivity index (χ4v) is 2.49. The summed E-state index contributed by atoms with van der Waals surface area (Å²) in [4.78, 5) is 0.294. The Morgan fingerprint density at radius 2 is 1.88 bits per heavy atom. The van der Waals surface area contributed by atoms with Crippen LogP contribution >= 0.6 is 0 Å². The van der Waals surface area contributed by atoms with Crippen LogP contribution in [0.4, 0.5) is 0 Å². The van der Waals surface area contributed by atoms with Crippen LogP contribution in [0.15, 0.2) is 29.2 Å². The molecule has 0 unspecified atom stereocenters. The molecule has 0 atom stereocenters. The molecule has 16 heavy (non-hydrogen) atoms. The molecule has 1 saturated heterocycles. The van der Waals surface area contributed by atoms with Gasteiger partial charge in [-0.25, -0.2) is 8.42 Å². The van der Waals surface area contributed by atoms with Gasteiger partial charge in [0.2, 0.25) is 0 Å². The lowest BCUT2D eigenvalue weighted by Crippen LogP contribution is -2.46. The number of sulfone groups is 1. The highest BCUT2D eigenvalue weighted by atomic mass is 32.2. The van der Waals surface area contributed by atoms with Crippen LogP contribution in [0, 0.1) is 0 Å². The predicted octanol–water partition coefficient (Wildman–Crippen LogP) is 0.698. The fraction of sp³-hybridized carbons (Fsp3) is 0.455. The molecule has 0 radical (unpaired) electrons. The summed E-state index contributed by atoms with van der Waals surface area (Å²) in [6.07, 6.45) is 0. The topological polar surface area (TPSA) is 63.6 Å². The zero-order valence-corrected chi connectivity index (χ0v) is 9.83. The van der Waals surface area contributed by atoms with E-state index in [1.54, 1.807) is 19.1 Å². The molecular weight excluding hydrogens is 228 g/mol. The number of benzene rings is 1. The molecule has 1 fully saturated rings. The van der Waals surface area contributed by atoms with Gasteiger partial charge in [-0.05, 0) is 17.7 Å². The third kappa shape index (κ3) is 1.86. The third-order valence-corrected chi connectivity index (χ3v) is 4.56. The minimum Gasteiger partial charge on any atom is -0.380 e. The first-order valence-electron chi connectivity index (χ1n) is 5.11. The molecule has 88 valence electrons. The summed E-state index contributed by atoms with van der Waals surface area (Å²) in [6, 6.07) is 6.35. The molecule has 0 bridgehead atoms. The quantitative estimate of drug-likeness (QED) is 0.847. The summed E-state index contributed by atoms with van der Waals surface area (Å²) in [6.45, 7) is 2.15. The van der Waals surface area contributed by atoms with Gasteiger partial charge in [0.25, 0.3) is 0 Å². The van der Waals surface area contributed by atoms with Crippen molar-refractivity contribution in [2.45, 2.75) is 17.4 Å². The molecule has 0 spiro atoms. The number of hydrogen-bond donors (Lipinski definition) is 1. The maximum absolute atomic E-state index is 11.6. The van der Waals surface area contributed by atoms with Crippen LogP contribution in [-0.4, -0.2) is 32.5 Å². The monoisotopic (exact) mass is 242 g/mol. The minimum atomic E-state index is -3.16. The molecule has 1 aromatic carbocycles. The SMILES string of the molecule is CCS(=O)(=O)c1ccc(C2(O)COC2)cc1. The highest BCUT2D eigenvalue weighted by Crippen LogP contribution is 2.29. The van der Waals surface area contributed by atoms with Gasteiger partial charge in [0.05, 0.1) is 23.9 Å². The molecule has 1 aromatic rings. The zero-order chi connectivity index (χ0) is 11.8. The number of hydrogen-bond acceptors (Lipinski definition) is 4. The van der Waals surface area contributed by atoms with Crippen molar-refractivity contribution in [3.63, 3.8) is 0 Å². The molecule has 1 aliphatic heterocycles. The summed E-state index contributed by atoms with van der Waals surface area (Å²) in [5.74, 6) is 0.0831. The van der Waals surface area contributed by atoms with E-state index in [4.69, 9.17) is 4.74 Å². The fourth-order valence-electron chi connectivity index (χ4n) is 1.60. The molecule has 1 N–H and O–H groups in total. The van der Waals surface area contributed by atoms with Crippen LogP contribution < -0.4 is 0 Å². The second-order valence-corrected chi connectivity index (χ2v) is 6.23. The van der Waals surface area contributed by atoms with E-state index in [-0.39, 0.29) is 19.0 Å². The molecule has 2 rings (SSSR count). The van der Waals surface area contributed by atoms with Gasteiger partial charge in [-0.15, -0.1) is 0 Å². The summed E-state index contributed by atoms with van der Waals surface area (Å²) in [7, 11) is -3.16. The Labute approximate surface area is 94.8 Å². The molecule has 0 saturated carbocycles. The van der Waals surface area contributed by atoms with Crippen LogP contribution in [0.3, 0.4) is 0 Å². The first kappa shape index (κ1) is 11.6. The first-order chi connectivity index (χ1) is 7.48.